The van der Waals surface area contributed by atoms with E-state index in [0.29, 0.717) is 48.6 Å². The normalized spacial score (nSPS) is 18.4. The molecule has 8 heteroatoms. The van der Waals surface area contributed by atoms with Gasteiger partial charge < -0.3 is 24.6 Å². The second-order valence-corrected chi connectivity index (χ2v) is 9.55. The minimum Gasteiger partial charge on any atom is -0.454 e. The lowest BCUT2D eigenvalue weighted by molar-refractivity contribution is -0.134. The number of rotatable bonds is 5. The molecule has 2 saturated heterocycles. The molecule has 0 spiro atoms. The van der Waals surface area contributed by atoms with Gasteiger partial charge in [0.2, 0.25) is 12.7 Å². The molecular formula is C27H31N3O5. The number of aryl methyl sites for hydroxylation is 1. The summed E-state index contributed by atoms with van der Waals surface area (Å²) >= 11 is 0. The van der Waals surface area contributed by atoms with E-state index >= 15 is 0 Å². The smallest absolute Gasteiger partial charge is 0.253 e. The molecule has 2 aromatic carbocycles. The van der Waals surface area contributed by atoms with Crippen LogP contribution in [0.3, 0.4) is 0 Å². The molecule has 3 amide bonds. The van der Waals surface area contributed by atoms with Crippen molar-refractivity contribution in [2.24, 2.45) is 5.92 Å². The number of amides is 3. The van der Waals surface area contributed by atoms with Crippen LogP contribution in [0.5, 0.6) is 11.5 Å². The predicted molar refractivity (Wildman–Crippen MR) is 129 cm³/mol. The van der Waals surface area contributed by atoms with E-state index in [-0.39, 0.29) is 30.4 Å². The first-order chi connectivity index (χ1) is 17.0. The van der Waals surface area contributed by atoms with Crippen molar-refractivity contribution in [2.75, 3.05) is 33.0 Å². The summed E-state index contributed by atoms with van der Waals surface area (Å²) in [5, 5.41) is 3.02. The highest BCUT2D eigenvalue weighted by Gasteiger charge is 2.37. The summed E-state index contributed by atoms with van der Waals surface area (Å²) in [4.78, 5) is 43.3. The Labute approximate surface area is 205 Å². The lowest BCUT2D eigenvalue weighted by Gasteiger charge is -2.37. The number of likely N-dealkylation sites (tertiary alicyclic amines) is 2. The van der Waals surface area contributed by atoms with Gasteiger partial charge in [-0.2, -0.15) is 0 Å². The summed E-state index contributed by atoms with van der Waals surface area (Å²) in [6.45, 7) is 4.67. The molecule has 184 valence electrons. The van der Waals surface area contributed by atoms with Gasteiger partial charge in [0.05, 0.1) is 0 Å². The molecule has 0 saturated carbocycles. The van der Waals surface area contributed by atoms with E-state index in [2.05, 4.69) is 5.32 Å². The van der Waals surface area contributed by atoms with E-state index < -0.39 is 6.04 Å². The standard InChI is InChI=1S/C27H31N3O5/c1-18-5-4-6-21(15-18)26(32)30-13-9-19(10-14-30)24(27(33)29-11-2-3-12-29)28-25(31)20-7-8-22-23(16-20)35-17-34-22/h4-8,15-16,19,24H,2-3,9-14,17H2,1H3,(H,28,31). The molecule has 0 aromatic heterocycles. The number of hydrogen-bond acceptors (Lipinski definition) is 5. The number of carbonyl (C=O) groups excluding carboxylic acids is 3. The first kappa shape index (κ1) is 23.2. The van der Waals surface area contributed by atoms with Crippen LogP contribution in [0.15, 0.2) is 42.5 Å². The van der Waals surface area contributed by atoms with Gasteiger partial charge in [-0.25, -0.2) is 0 Å². The Kier molecular flexibility index (Phi) is 6.61. The monoisotopic (exact) mass is 477 g/mol. The fourth-order valence-electron chi connectivity index (χ4n) is 5.17. The van der Waals surface area contributed by atoms with Crippen LogP contribution in [0.1, 0.15) is 52.0 Å². The molecule has 5 rings (SSSR count). The van der Waals surface area contributed by atoms with Gasteiger partial charge in [-0.15, -0.1) is 0 Å². The van der Waals surface area contributed by atoms with Gasteiger partial charge in [0.25, 0.3) is 11.8 Å². The van der Waals surface area contributed by atoms with Crippen molar-refractivity contribution in [3.05, 3.63) is 59.2 Å². The Bertz CT molecular complexity index is 1120. The van der Waals surface area contributed by atoms with E-state index in [0.717, 1.165) is 31.5 Å². The van der Waals surface area contributed by atoms with E-state index in [1.54, 1.807) is 18.2 Å². The molecule has 1 atom stereocenters. The lowest BCUT2D eigenvalue weighted by Crippen LogP contribution is -2.54. The van der Waals surface area contributed by atoms with E-state index in [9.17, 15) is 14.4 Å². The Hall–Kier alpha value is -3.55. The van der Waals surface area contributed by atoms with Crippen LogP contribution in [0, 0.1) is 12.8 Å². The largest absolute Gasteiger partial charge is 0.454 e. The third-order valence-electron chi connectivity index (χ3n) is 7.17. The van der Waals surface area contributed by atoms with Gasteiger partial charge in [0, 0.05) is 37.3 Å². The molecule has 2 fully saturated rings. The van der Waals surface area contributed by atoms with Crippen LogP contribution in [-0.2, 0) is 4.79 Å². The lowest BCUT2D eigenvalue weighted by atomic mass is 9.88. The van der Waals surface area contributed by atoms with E-state index in [4.69, 9.17) is 9.47 Å². The highest BCUT2D eigenvalue weighted by atomic mass is 16.7. The maximum Gasteiger partial charge on any atom is 0.253 e. The molecule has 0 radical (unpaired) electrons. The number of carbonyl (C=O) groups is 3. The average molecular weight is 478 g/mol. The Morgan fingerprint density at radius 2 is 1.63 bits per heavy atom. The number of nitrogens with one attached hydrogen (secondary N) is 1. The first-order valence-electron chi connectivity index (χ1n) is 12.3. The molecule has 2 aromatic rings. The van der Waals surface area contributed by atoms with Crippen LogP contribution >= 0.6 is 0 Å². The predicted octanol–water partition coefficient (Wildman–Crippen LogP) is 3.00. The van der Waals surface area contributed by atoms with Crippen molar-refractivity contribution in [1.29, 1.82) is 0 Å². The molecule has 0 aliphatic carbocycles. The second-order valence-electron chi connectivity index (χ2n) is 9.55. The Morgan fingerprint density at radius 1 is 0.886 bits per heavy atom. The van der Waals surface area contributed by atoms with Crippen molar-refractivity contribution in [1.82, 2.24) is 15.1 Å². The minimum atomic E-state index is -0.623. The number of fused-ring (bicyclic) bond motifs is 1. The molecule has 0 bridgehead atoms. The summed E-state index contributed by atoms with van der Waals surface area (Å²) in [6.07, 6.45) is 3.28. The number of piperidine rings is 1. The van der Waals surface area contributed by atoms with Crippen molar-refractivity contribution in [3.8, 4) is 11.5 Å². The Morgan fingerprint density at radius 3 is 2.37 bits per heavy atom. The fraction of sp³-hybridized carbons (Fsp3) is 0.444. The van der Waals surface area contributed by atoms with Crippen LogP contribution in [0.2, 0.25) is 0 Å². The van der Waals surface area contributed by atoms with Gasteiger partial charge in [-0.05, 0) is 68.9 Å². The third-order valence-corrected chi connectivity index (χ3v) is 7.17. The molecule has 35 heavy (non-hydrogen) atoms. The van der Waals surface area contributed by atoms with Gasteiger partial charge in [-0.3, -0.25) is 14.4 Å². The second kappa shape index (κ2) is 9.98. The maximum absolute atomic E-state index is 13.5. The zero-order valence-electron chi connectivity index (χ0n) is 20.0. The van der Waals surface area contributed by atoms with Crippen molar-refractivity contribution < 1.29 is 23.9 Å². The van der Waals surface area contributed by atoms with Gasteiger partial charge in [0.15, 0.2) is 11.5 Å². The quantitative estimate of drug-likeness (QED) is 0.715. The number of hydrogen-bond donors (Lipinski definition) is 1. The number of nitrogens with zero attached hydrogens (tertiary/aromatic N) is 2. The highest BCUT2D eigenvalue weighted by molar-refractivity contribution is 5.98. The molecule has 3 heterocycles. The molecule has 3 aliphatic heterocycles. The molecule has 3 aliphatic rings. The average Bonchev–Trinajstić information content (AvgIpc) is 3.58. The highest BCUT2D eigenvalue weighted by Crippen LogP contribution is 2.33. The van der Waals surface area contributed by atoms with Gasteiger partial charge in [0.1, 0.15) is 6.04 Å². The van der Waals surface area contributed by atoms with Crippen LogP contribution in [0.4, 0.5) is 0 Å². The summed E-state index contributed by atoms with van der Waals surface area (Å²) < 4.78 is 10.7. The van der Waals surface area contributed by atoms with Crippen molar-refractivity contribution in [2.45, 2.75) is 38.6 Å². The minimum absolute atomic E-state index is 0.0129. The SMILES string of the molecule is Cc1cccc(C(=O)N2CCC(C(NC(=O)c3ccc4c(c3)OCO4)C(=O)N3CCCC3)CC2)c1. The summed E-state index contributed by atoms with van der Waals surface area (Å²) in [5.74, 6) is 0.778. The molecule has 1 unspecified atom stereocenters. The molecule has 8 nitrogen and oxygen atoms in total. The van der Waals surface area contributed by atoms with Crippen LogP contribution in [-0.4, -0.2) is 66.5 Å². The van der Waals surface area contributed by atoms with E-state index in [1.165, 1.54) is 0 Å². The number of ether oxygens (including phenoxy) is 2. The summed E-state index contributed by atoms with van der Waals surface area (Å²) in [6, 6.07) is 12.0. The van der Waals surface area contributed by atoms with Crippen LogP contribution < -0.4 is 14.8 Å². The molecular weight excluding hydrogens is 446 g/mol. The summed E-state index contributed by atoms with van der Waals surface area (Å²) in [5.41, 5.74) is 2.16. The summed E-state index contributed by atoms with van der Waals surface area (Å²) in [7, 11) is 0. The maximum atomic E-state index is 13.5. The number of benzene rings is 2. The zero-order chi connectivity index (χ0) is 24.4. The van der Waals surface area contributed by atoms with Gasteiger partial charge in [-0.1, -0.05) is 17.7 Å². The van der Waals surface area contributed by atoms with E-state index in [1.807, 2.05) is 41.0 Å². The van der Waals surface area contributed by atoms with Crippen molar-refractivity contribution >= 4 is 17.7 Å². The third kappa shape index (κ3) is 4.97. The first-order valence-corrected chi connectivity index (χ1v) is 12.3. The molecule has 1 N–H and O–H groups in total. The van der Waals surface area contributed by atoms with Crippen molar-refractivity contribution in [3.63, 3.8) is 0 Å². The topological polar surface area (TPSA) is 88.2 Å². The zero-order valence-corrected chi connectivity index (χ0v) is 20.0. The van der Waals surface area contributed by atoms with Gasteiger partial charge >= 0.3 is 0 Å². The fourth-order valence-corrected chi connectivity index (χ4v) is 5.17. The Balaban J connectivity index is 1.29. The van der Waals surface area contributed by atoms with Crippen LogP contribution in [0.25, 0.3) is 0 Å².